The third-order valence-electron chi connectivity index (χ3n) is 5.27. The Hall–Kier alpha value is -2.82. The van der Waals surface area contributed by atoms with E-state index in [1.54, 1.807) is 19.2 Å². The lowest BCUT2D eigenvalue weighted by molar-refractivity contribution is 0.0680. The van der Waals surface area contributed by atoms with Gasteiger partial charge in [0.05, 0.1) is 24.6 Å². The zero-order chi connectivity index (χ0) is 21.6. The van der Waals surface area contributed by atoms with Crippen molar-refractivity contribution in [2.45, 2.75) is 36.6 Å². The number of methoxy groups -OCH3 is 1. The number of rotatable bonds is 6. The molecule has 1 amide bonds. The molecular formula is C23H26N2O4S. The van der Waals surface area contributed by atoms with Gasteiger partial charge in [-0.1, -0.05) is 37.0 Å². The molecule has 1 aliphatic heterocycles. The second-order valence-corrected chi connectivity index (χ2v) is 8.96. The molecule has 1 heterocycles. The quantitative estimate of drug-likeness (QED) is 0.719. The molecule has 0 aromatic heterocycles. The number of sulfonamides is 1. The minimum Gasteiger partial charge on any atom is -0.497 e. The Labute approximate surface area is 178 Å². The van der Waals surface area contributed by atoms with Gasteiger partial charge in [0, 0.05) is 12.1 Å². The summed E-state index contributed by atoms with van der Waals surface area (Å²) in [5.41, 5.74) is 1.39. The predicted octanol–water partition coefficient (Wildman–Crippen LogP) is 3.36. The van der Waals surface area contributed by atoms with Gasteiger partial charge in [-0.25, -0.2) is 8.42 Å². The molecule has 1 fully saturated rings. The Balaban J connectivity index is 1.91. The highest BCUT2D eigenvalue weighted by atomic mass is 32.2. The van der Waals surface area contributed by atoms with Crippen LogP contribution in [0.5, 0.6) is 5.75 Å². The SMILES string of the molecule is C#CCNS(=O)(=O)c1cccc(C(=O)N2CCCCCC2c2ccc(OC)cc2)c1. The van der Waals surface area contributed by atoms with Crippen LogP contribution in [0.25, 0.3) is 0 Å². The lowest BCUT2D eigenvalue weighted by Crippen LogP contribution is -2.35. The van der Waals surface area contributed by atoms with Gasteiger partial charge in [0.15, 0.2) is 0 Å². The molecule has 3 rings (SSSR count). The summed E-state index contributed by atoms with van der Waals surface area (Å²) in [5.74, 6) is 2.84. The van der Waals surface area contributed by atoms with Gasteiger partial charge in [-0.05, 0) is 48.7 Å². The standard InChI is InChI=1S/C23H26N2O4S/c1-3-15-24-30(27,28)21-9-7-8-19(17-21)23(26)25-16-6-4-5-10-22(25)18-11-13-20(29-2)14-12-18/h1,7-9,11-14,17,22,24H,4-6,10,15-16H2,2H3. The summed E-state index contributed by atoms with van der Waals surface area (Å²) in [4.78, 5) is 15.3. The number of nitrogens with one attached hydrogen (secondary N) is 1. The van der Waals surface area contributed by atoms with E-state index in [2.05, 4.69) is 10.6 Å². The average molecular weight is 427 g/mol. The van der Waals surface area contributed by atoms with Crippen molar-refractivity contribution in [1.29, 1.82) is 0 Å². The molecule has 1 aliphatic rings. The number of ether oxygens (including phenoxy) is 1. The van der Waals surface area contributed by atoms with Gasteiger partial charge >= 0.3 is 0 Å². The molecule has 7 heteroatoms. The largest absolute Gasteiger partial charge is 0.497 e. The molecule has 30 heavy (non-hydrogen) atoms. The fourth-order valence-electron chi connectivity index (χ4n) is 3.71. The van der Waals surface area contributed by atoms with Crippen LogP contribution < -0.4 is 9.46 Å². The molecule has 0 bridgehead atoms. The van der Waals surface area contributed by atoms with Crippen LogP contribution in [0.2, 0.25) is 0 Å². The van der Waals surface area contributed by atoms with Crippen molar-refractivity contribution in [1.82, 2.24) is 9.62 Å². The third kappa shape index (κ3) is 5.02. The molecule has 0 aliphatic carbocycles. The fraction of sp³-hybridized carbons (Fsp3) is 0.348. The Morgan fingerprint density at radius 1 is 1.20 bits per heavy atom. The lowest BCUT2D eigenvalue weighted by atomic mass is 10.00. The van der Waals surface area contributed by atoms with Crippen LogP contribution in [0, 0.1) is 12.3 Å². The van der Waals surface area contributed by atoms with Gasteiger partial charge in [0.25, 0.3) is 5.91 Å². The van der Waals surface area contributed by atoms with E-state index in [-0.39, 0.29) is 23.4 Å². The third-order valence-corrected chi connectivity index (χ3v) is 6.67. The van der Waals surface area contributed by atoms with Crippen LogP contribution >= 0.6 is 0 Å². The minimum absolute atomic E-state index is 0.0272. The van der Waals surface area contributed by atoms with Crippen molar-refractivity contribution in [3.8, 4) is 18.1 Å². The molecule has 158 valence electrons. The number of nitrogens with zero attached hydrogens (tertiary/aromatic N) is 1. The first-order valence-electron chi connectivity index (χ1n) is 9.94. The zero-order valence-electron chi connectivity index (χ0n) is 17.0. The molecular weight excluding hydrogens is 400 g/mol. The molecule has 6 nitrogen and oxygen atoms in total. The second-order valence-electron chi connectivity index (χ2n) is 7.19. The maximum absolute atomic E-state index is 13.4. The van der Waals surface area contributed by atoms with Crippen molar-refractivity contribution in [3.05, 3.63) is 59.7 Å². The monoisotopic (exact) mass is 426 g/mol. The van der Waals surface area contributed by atoms with E-state index in [1.165, 1.54) is 12.1 Å². The molecule has 2 aromatic rings. The van der Waals surface area contributed by atoms with E-state index in [0.717, 1.165) is 37.0 Å². The highest BCUT2D eigenvalue weighted by Crippen LogP contribution is 2.32. The molecule has 0 spiro atoms. The highest BCUT2D eigenvalue weighted by molar-refractivity contribution is 7.89. The Morgan fingerprint density at radius 3 is 2.67 bits per heavy atom. The lowest BCUT2D eigenvalue weighted by Gasteiger charge is -2.31. The first-order chi connectivity index (χ1) is 14.5. The van der Waals surface area contributed by atoms with Crippen LogP contribution in [0.4, 0.5) is 0 Å². The van der Waals surface area contributed by atoms with Gasteiger partial charge in [-0.3, -0.25) is 4.79 Å². The molecule has 2 aromatic carbocycles. The van der Waals surface area contributed by atoms with Crippen LogP contribution in [-0.2, 0) is 10.0 Å². The van der Waals surface area contributed by atoms with Crippen LogP contribution in [0.15, 0.2) is 53.4 Å². The summed E-state index contributed by atoms with van der Waals surface area (Å²) in [6.07, 6.45) is 9.01. The number of amides is 1. The molecule has 1 atom stereocenters. The number of benzene rings is 2. The summed E-state index contributed by atoms with van der Waals surface area (Å²) in [6.45, 7) is 0.522. The van der Waals surface area contributed by atoms with Crippen LogP contribution in [0.1, 0.15) is 47.6 Å². The Kier molecular flexibility index (Phi) is 7.14. The van der Waals surface area contributed by atoms with Crippen LogP contribution in [-0.4, -0.2) is 39.4 Å². The number of hydrogen-bond donors (Lipinski definition) is 1. The van der Waals surface area contributed by atoms with Crippen molar-refractivity contribution in [2.24, 2.45) is 0 Å². The molecule has 0 radical (unpaired) electrons. The van der Waals surface area contributed by atoms with Crippen molar-refractivity contribution < 1.29 is 17.9 Å². The smallest absolute Gasteiger partial charge is 0.254 e. The van der Waals surface area contributed by atoms with Crippen molar-refractivity contribution in [3.63, 3.8) is 0 Å². The number of carbonyl (C=O) groups is 1. The summed E-state index contributed by atoms with van der Waals surface area (Å²) in [5, 5.41) is 0. The summed E-state index contributed by atoms with van der Waals surface area (Å²) in [6, 6.07) is 13.8. The Morgan fingerprint density at radius 2 is 1.97 bits per heavy atom. The second kappa shape index (κ2) is 9.79. The fourth-order valence-corrected chi connectivity index (χ4v) is 4.69. The summed E-state index contributed by atoms with van der Waals surface area (Å²) < 4.78 is 32.4. The van der Waals surface area contributed by atoms with E-state index in [1.807, 2.05) is 29.2 Å². The van der Waals surface area contributed by atoms with E-state index in [9.17, 15) is 13.2 Å². The van der Waals surface area contributed by atoms with Gasteiger partial charge in [-0.15, -0.1) is 6.42 Å². The maximum atomic E-state index is 13.4. The number of likely N-dealkylation sites (tertiary alicyclic amines) is 1. The van der Waals surface area contributed by atoms with Gasteiger partial charge in [0.1, 0.15) is 5.75 Å². The van der Waals surface area contributed by atoms with E-state index in [4.69, 9.17) is 11.2 Å². The van der Waals surface area contributed by atoms with Gasteiger partial charge < -0.3 is 9.64 Å². The number of terminal acetylenes is 1. The summed E-state index contributed by atoms with van der Waals surface area (Å²) in [7, 11) is -2.15. The predicted molar refractivity (Wildman–Crippen MR) is 116 cm³/mol. The molecule has 1 unspecified atom stereocenters. The van der Waals surface area contributed by atoms with E-state index in [0.29, 0.717) is 12.1 Å². The Bertz CT molecular complexity index is 1030. The van der Waals surface area contributed by atoms with Crippen LogP contribution in [0.3, 0.4) is 0 Å². The molecule has 1 N–H and O–H groups in total. The first kappa shape index (κ1) is 21.9. The highest BCUT2D eigenvalue weighted by Gasteiger charge is 2.28. The molecule has 0 saturated carbocycles. The molecule has 1 saturated heterocycles. The van der Waals surface area contributed by atoms with E-state index >= 15 is 0 Å². The van der Waals surface area contributed by atoms with Gasteiger partial charge in [0.2, 0.25) is 10.0 Å². The summed E-state index contributed by atoms with van der Waals surface area (Å²) >= 11 is 0. The normalized spacial score (nSPS) is 17.1. The minimum atomic E-state index is -3.77. The van der Waals surface area contributed by atoms with Crippen molar-refractivity contribution >= 4 is 15.9 Å². The topological polar surface area (TPSA) is 75.7 Å². The van der Waals surface area contributed by atoms with Crippen molar-refractivity contribution in [2.75, 3.05) is 20.2 Å². The average Bonchev–Trinajstić information content (AvgIpc) is 3.03. The number of carbonyl (C=O) groups excluding carboxylic acids is 1. The van der Waals surface area contributed by atoms with E-state index < -0.39 is 10.0 Å². The maximum Gasteiger partial charge on any atom is 0.254 e. The zero-order valence-corrected chi connectivity index (χ0v) is 17.8. The van der Waals surface area contributed by atoms with Gasteiger partial charge in [-0.2, -0.15) is 4.72 Å². The first-order valence-corrected chi connectivity index (χ1v) is 11.4. The number of hydrogen-bond acceptors (Lipinski definition) is 4.